The Morgan fingerprint density at radius 2 is 1.81 bits per heavy atom. The van der Waals surface area contributed by atoms with Gasteiger partial charge in [0.15, 0.2) is 16.4 Å². The molecule has 1 N–H and O–H groups in total. The van der Waals surface area contributed by atoms with Crippen molar-refractivity contribution in [1.82, 2.24) is 0 Å². The van der Waals surface area contributed by atoms with Gasteiger partial charge >= 0.3 is 5.97 Å². The summed E-state index contributed by atoms with van der Waals surface area (Å²) in [5, 5.41) is 3.05. The number of halogens is 2. The first-order valence-corrected chi connectivity index (χ1v) is 10.7. The van der Waals surface area contributed by atoms with E-state index >= 15 is 0 Å². The third kappa shape index (κ3) is 6.64. The van der Waals surface area contributed by atoms with Gasteiger partial charge < -0.3 is 10.1 Å². The second kappa shape index (κ2) is 9.34. The van der Waals surface area contributed by atoms with Gasteiger partial charge in [0.1, 0.15) is 0 Å². The summed E-state index contributed by atoms with van der Waals surface area (Å²) >= 11 is 9.05. The maximum Gasteiger partial charge on any atom is 0.307 e. The van der Waals surface area contributed by atoms with Crippen LogP contribution in [0.3, 0.4) is 0 Å². The number of carbonyl (C=O) groups excluding carboxylic acids is 2. The monoisotopic (exact) mass is 473 g/mol. The van der Waals surface area contributed by atoms with E-state index in [1.54, 1.807) is 12.1 Å². The van der Waals surface area contributed by atoms with Crippen LogP contribution in [0.15, 0.2) is 51.8 Å². The normalized spacial score (nSPS) is 11.1. The van der Waals surface area contributed by atoms with Gasteiger partial charge in [0, 0.05) is 15.2 Å². The molecule has 2 aromatic carbocycles. The van der Waals surface area contributed by atoms with Crippen molar-refractivity contribution < 1.29 is 22.7 Å². The van der Waals surface area contributed by atoms with Crippen molar-refractivity contribution in [2.75, 3.05) is 17.7 Å². The molecule has 0 radical (unpaired) electrons. The van der Waals surface area contributed by atoms with Crippen LogP contribution in [0.4, 0.5) is 5.69 Å². The molecule has 144 valence electrons. The van der Waals surface area contributed by atoms with Crippen LogP contribution in [0.2, 0.25) is 5.02 Å². The number of nitrogens with one attached hydrogen (secondary N) is 1. The van der Waals surface area contributed by atoms with Gasteiger partial charge in [0.25, 0.3) is 5.91 Å². The van der Waals surface area contributed by atoms with Gasteiger partial charge in [-0.2, -0.15) is 0 Å². The van der Waals surface area contributed by atoms with E-state index in [0.29, 0.717) is 10.7 Å². The molecule has 0 saturated carbocycles. The highest BCUT2D eigenvalue weighted by Gasteiger charge is 2.18. The Labute approximate surface area is 170 Å². The lowest BCUT2D eigenvalue weighted by atomic mass is 10.2. The summed E-state index contributed by atoms with van der Waals surface area (Å²) in [4.78, 5) is 23.7. The van der Waals surface area contributed by atoms with Crippen molar-refractivity contribution in [3.63, 3.8) is 0 Å². The second-order valence-corrected chi connectivity index (χ2v) is 9.15. The fourth-order valence-electron chi connectivity index (χ4n) is 2.15. The lowest BCUT2D eigenvalue weighted by Gasteiger charge is -2.09. The molecule has 0 heterocycles. The highest BCUT2D eigenvalue weighted by atomic mass is 79.9. The van der Waals surface area contributed by atoms with E-state index in [-0.39, 0.29) is 11.3 Å². The Balaban J connectivity index is 1.81. The lowest BCUT2D eigenvalue weighted by molar-refractivity contribution is -0.146. The summed E-state index contributed by atoms with van der Waals surface area (Å²) in [5.74, 6) is -1.69. The summed E-state index contributed by atoms with van der Waals surface area (Å²) in [6, 6.07) is 11.0. The minimum Gasteiger partial charge on any atom is -0.456 e. The van der Waals surface area contributed by atoms with Gasteiger partial charge in [-0.05, 0) is 55.0 Å². The Hall–Kier alpha value is -1.90. The minimum atomic E-state index is -3.63. The highest BCUT2D eigenvalue weighted by Crippen LogP contribution is 2.20. The second-order valence-electron chi connectivity index (χ2n) is 5.69. The molecule has 0 saturated heterocycles. The number of sulfone groups is 1. The standard InChI is InChI=1S/C18H17BrClNO5S/c1-12-10-13(19)2-7-16(12)21-17(22)11-26-18(23)8-9-27(24,25)15-5-3-14(20)4-6-15/h2-7,10H,8-9,11H2,1H3,(H,21,22). The van der Waals surface area contributed by atoms with Crippen LogP contribution in [0.25, 0.3) is 0 Å². The molecule has 0 aliphatic heterocycles. The molecule has 0 unspecified atom stereocenters. The summed E-state index contributed by atoms with van der Waals surface area (Å²) in [5.41, 5.74) is 1.45. The van der Waals surface area contributed by atoms with E-state index in [2.05, 4.69) is 21.2 Å². The molecule has 6 nitrogen and oxygen atoms in total. The van der Waals surface area contributed by atoms with Gasteiger partial charge in [-0.1, -0.05) is 27.5 Å². The SMILES string of the molecule is Cc1cc(Br)ccc1NC(=O)COC(=O)CCS(=O)(=O)c1ccc(Cl)cc1. The Kier molecular flexibility index (Phi) is 7.41. The van der Waals surface area contributed by atoms with Crippen LogP contribution in [0, 0.1) is 6.92 Å². The largest absolute Gasteiger partial charge is 0.456 e. The summed E-state index contributed by atoms with van der Waals surface area (Å²) in [6.45, 7) is 1.34. The van der Waals surface area contributed by atoms with E-state index in [1.807, 2.05) is 13.0 Å². The molecule has 27 heavy (non-hydrogen) atoms. The Bertz CT molecular complexity index is 945. The van der Waals surface area contributed by atoms with Crippen LogP contribution in [-0.2, 0) is 24.2 Å². The van der Waals surface area contributed by atoms with E-state index in [1.165, 1.54) is 24.3 Å². The van der Waals surface area contributed by atoms with Crippen molar-refractivity contribution in [2.24, 2.45) is 0 Å². The number of hydrogen-bond donors (Lipinski definition) is 1. The van der Waals surface area contributed by atoms with Gasteiger partial charge in [0.2, 0.25) is 0 Å². The van der Waals surface area contributed by atoms with Crippen LogP contribution >= 0.6 is 27.5 Å². The predicted octanol–water partition coefficient (Wildman–Crippen LogP) is 3.76. The molecule has 0 aliphatic rings. The topological polar surface area (TPSA) is 89.5 Å². The molecular formula is C18H17BrClNO5S. The first-order chi connectivity index (χ1) is 12.7. The Morgan fingerprint density at radius 1 is 1.15 bits per heavy atom. The maximum atomic E-state index is 12.2. The van der Waals surface area contributed by atoms with E-state index in [0.717, 1.165) is 10.0 Å². The molecule has 9 heteroatoms. The zero-order chi connectivity index (χ0) is 20.0. The van der Waals surface area contributed by atoms with E-state index in [9.17, 15) is 18.0 Å². The molecule has 1 amide bonds. The fourth-order valence-corrected chi connectivity index (χ4v) is 3.97. The number of hydrogen-bond acceptors (Lipinski definition) is 5. The third-order valence-electron chi connectivity index (χ3n) is 3.57. The van der Waals surface area contributed by atoms with Gasteiger partial charge in [-0.25, -0.2) is 8.42 Å². The quantitative estimate of drug-likeness (QED) is 0.617. The smallest absolute Gasteiger partial charge is 0.307 e. The average molecular weight is 475 g/mol. The van der Waals surface area contributed by atoms with E-state index in [4.69, 9.17) is 16.3 Å². The molecule has 0 aromatic heterocycles. The van der Waals surface area contributed by atoms with Crippen molar-refractivity contribution in [1.29, 1.82) is 0 Å². The molecule has 2 rings (SSSR count). The first-order valence-electron chi connectivity index (χ1n) is 7.87. The maximum absolute atomic E-state index is 12.2. The molecule has 0 fully saturated rings. The van der Waals surface area contributed by atoms with Gasteiger partial charge in [0.05, 0.1) is 17.1 Å². The molecule has 0 aliphatic carbocycles. The Morgan fingerprint density at radius 3 is 2.44 bits per heavy atom. The molecule has 0 spiro atoms. The van der Waals surface area contributed by atoms with Gasteiger partial charge in [-0.3, -0.25) is 9.59 Å². The molecular weight excluding hydrogens is 458 g/mol. The number of ether oxygens (including phenoxy) is 1. The summed E-state index contributed by atoms with van der Waals surface area (Å²) in [7, 11) is -3.63. The first kappa shape index (κ1) is 21.4. The zero-order valence-corrected chi connectivity index (χ0v) is 17.5. The van der Waals surface area contributed by atoms with Crippen LogP contribution in [0.1, 0.15) is 12.0 Å². The summed E-state index contributed by atoms with van der Waals surface area (Å²) < 4.78 is 30.0. The fraction of sp³-hybridized carbons (Fsp3) is 0.222. The number of rotatable bonds is 7. The van der Waals surface area contributed by atoms with Crippen LogP contribution in [-0.4, -0.2) is 32.7 Å². The number of carbonyl (C=O) groups is 2. The van der Waals surface area contributed by atoms with Crippen molar-refractivity contribution in [3.05, 3.63) is 57.5 Å². The number of anilines is 1. The number of esters is 1. The van der Waals surface area contributed by atoms with E-state index < -0.39 is 34.1 Å². The molecule has 0 bridgehead atoms. The minimum absolute atomic E-state index is 0.0724. The molecule has 0 atom stereocenters. The average Bonchev–Trinajstić information content (AvgIpc) is 2.61. The number of amides is 1. The van der Waals surface area contributed by atoms with Crippen molar-refractivity contribution >= 4 is 54.9 Å². The number of benzene rings is 2. The third-order valence-corrected chi connectivity index (χ3v) is 6.05. The predicted molar refractivity (Wildman–Crippen MR) is 107 cm³/mol. The summed E-state index contributed by atoms with van der Waals surface area (Å²) in [6.07, 6.45) is -0.352. The van der Waals surface area contributed by atoms with Crippen molar-refractivity contribution in [2.45, 2.75) is 18.2 Å². The number of aryl methyl sites for hydroxylation is 1. The van der Waals surface area contributed by atoms with Gasteiger partial charge in [-0.15, -0.1) is 0 Å². The van der Waals surface area contributed by atoms with Crippen LogP contribution < -0.4 is 5.32 Å². The van der Waals surface area contributed by atoms with Crippen molar-refractivity contribution in [3.8, 4) is 0 Å². The highest BCUT2D eigenvalue weighted by molar-refractivity contribution is 9.10. The lowest BCUT2D eigenvalue weighted by Crippen LogP contribution is -2.22. The zero-order valence-electron chi connectivity index (χ0n) is 14.4. The molecule has 2 aromatic rings. The van der Waals surface area contributed by atoms with Crippen LogP contribution in [0.5, 0.6) is 0 Å².